The number of halogens is 1. The van der Waals surface area contributed by atoms with Crippen LogP contribution in [0.1, 0.15) is 45.2 Å². The average molecular weight is 695 g/mol. The van der Waals surface area contributed by atoms with E-state index in [4.69, 9.17) is 14.0 Å². The highest BCUT2D eigenvalue weighted by Gasteiger charge is 2.20. The van der Waals surface area contributed by atoms with Gasteiger partial charge < -0.3 is 34.4 Å². The molecule has 6 rings (SSSR count). The van der Waals surface area contributed by atoms with Crippen LogP contribution in [0.2, 0.25) is 0 Å². The molecule has 13 heteroatoms. The lowest BCUT2D eigenvalue weighted by atomic mass is 10.1. The predicted octanol–water partition coefficient (Wildman–Crippen LogP) is 6.51. The van der Waals surface area contributed by atoms with Crippen LogP contribution in [0.15, 0.2) is 71.4 Å². The lowest BCUT2D eigenvalue weighted by molar-refractivity contribution is 0.102. The van der Waals surface area contributed by atoms with E-state index in [0.717, 1.165) is 55.8 Å². The lowest BCUT2D eigenvalue weighted by Gasteiger charge is -2.32. The minimum atomic E-state index is -0.506. The van der Waals surface area contributed by atoms with Crippen LogP contribution >= 0.6 is 0 Å². The number of aryl methyl sites for hydroxylation is 5. The number of amides is 1. The smallest absolute Gasteiger partial charge is 0.262 e. The molecule has 266 valence electrons. The number of likely N-dealkylation sites (N-methyl/N-ethyl adjacent to an activating group) is 1. The summed E-state index contributed by atoms with van der Waals surface area (Å²) in [7, 11) is 2.13. The molecule has 1 fully saturated rings. The maximum absolute atomic E-state index is 15.1. The number of nitrogens with one attached hydrogen (secondary N) is 2. The fourth-order valence-corrected chi connectivity index (χ4v) is 5.79. The molecule has 1 amide bonds. The van der Waals surface area contributed by atoms with Gasteiger partial charge in [-0.2, -0.15) is 9.97 Å². The first-order valence-electron chi connectivity index (χ1n) is 17.1. The number of rotatable bonds is 14. The monoisotopic (exact) mass is 694 g/mol. The molecule has 1 saturated heterocycles. The third-order valence-corrected chi connectivity index (χ3v) is 8.69. The Morgan fingerprint density at radius 1 is 0.961 bits per heavy atom. The Balaban J connectivity index is 1.16. The number of carbonyl (C=O) groups excluding carboxylic acids is 1. The van der Waals surface area contributed by atoms with Crippen molar-refractivity contribution in [3.05, 3.63) is 107 Å². The van der Waals surface area contributed by atoms with Gasteiger partial charge in [-0.25, -0.2) is 9.37 Å². The van der Waals surface area contributed by atoms with Crippen molar-refractivity contribution in [3.63, 3.8) is 0 Å². The van der Waals surface area contributed by atoms with E-state index in [1.807, 2.05) is 50.2 Å². The summed E-state index contributed by atoms with van der Waals surface area (Å²) in [5, 5.41) is 9.87. The van der Waals surface area contributed by atoms with E-state index in [-0.39, 0.29) is 23.1 Å². The molecule has 51 heavy (non-hydrogen) atoms. The second-order valence-corrected chi connectivity index (χ2v) is 12.7. The van der Waals surface area contributed by atoms with Gasteiger partial charge in [0, 0.05) is 62.8 Å². The van der Waals surface area contributed by atoms with E-state index in [2.05, 4.69) is 47.6 Å². The van der Waals surface area contributed by atoms with Crippen LogP contribution in [-0.2, 0) is 12.8 Å². The normalized spacial score (nSPS) is 13.6. The van der Waals surface area contributed by atoms with Crippen LogP contribution in [0.3, 0.4) is 0 Å². The zero-order chi connectivity index (χ0) is 35.7. The van der Waals surface area contributed by atoms with Crippen LogP contribution in [0.5, 0.6) is 17.4 Å². The highest BCUT2D eigenvalue weighted by molar-refractivity contribution is 6.06. The summed E-state index contributed by atoms with van der Waals surface area (Å²) < 4.78 is 32.3. The fraction of sp³-hybridized carbons (Fsp3) is 0.342. The van der Waals surface area contributed by atoms with Crippen molar-refractivity contribution in [3.8, 4) is 17.4 Å². The van der Waals surface area contributed by atoms with E-state index in [9.17, 15) is 4.79 Å². The molecule has 2 N–H and O–H groups in total. The topological polar surface area (TPSA) is 131 Å². The SMILES string of the molecule is Cc1noc(CCc2cccc(Oc3nc(Nc4ccc(OCCCN5CCN(C)CC5)c(F)c4)ncc3C(=O)Nc3c(C)cccc3C)c2)n1. The molecule has 0 bridgehead atoms. The van der Waals surface area contributed by atoms with Gasteiger partial charge in [-0.05, 0) is 81.6 Å². The summed E-state index contributed by atoms with van der Waals surface area (Å²) in [6.45, 7) is 11.1. The fourth-order valence-electron chi connectivity index (χ4n) is 5.79. The highest BCUT2D eigenvalue weighted by atomic mass is 19.1. The minimum Gasteiger partial charge on any atom is -0.490 e. The lowest BCUT2D eigenvalue weighted by Crippen LogP contribution is -2.44. The molecule has 3 aromatic carbocycles. The van der Waals surface area contributed by atoms with E-state index >= 15 is 4.39 Å². The molecule has 0 spiro atoms. The van der Waals surface area contributed by atoms with Crippen LogP contribution in [0.4, 0.5) is 21.7 Å². The Morgan fingerprint density at radius 2 is 1.75 bits per heavy atom. The quantitative estimate of drug-likeness (QED) is 0.123. The first kappa shape index (κ1) is 35.4. The number of ether oxygens (including phenoxy) is 2. The summed E-state index contributed by atoms with van der Waals surface area (Å²) in [6, 6.07) is 17.9. The first-order chi connectivity index (χ1) is 24.7. The maximum atomic E-state index is 15.1. The van der Waals surface area contributed by atoms with Crippen molar-refractivity contribution in [1.29, 1.82) is 0 Å². The van der Waals surface area contributed by atoms with Crippen molar-refractivity contribution in [2.75, 3.05) is 57.0 Å². The predicted molar refractivity (Wildman–Crippen MR) is 193 cm³/mol. The third kappa shape index (κ3) is 9.65. The third-order valence-electron chi connectivity index (χ3n) is 8.69. The summed E-state index contributed by atoms with van der Waals surface area (Å²) in [4.78, 5) is 31.6. The molecule has 3 heterocycles. The molecule has 12 nitrogen and oxygen atoms in total. The van der Waals surface area contributed by atoms with E-state index in [1.165, 1.54) is 12.3 Å². The molecule has 1 aliphatic rings. The average Bonchev–Trinajstić information content (AvgIpc) is 3.54. The van der Waals surface area contributed by atoms with Crippen LogP contribution < -0.4 is 20.1 Å². The van der Waals surface area contributed by atoms with Crippen molar-refractivity contribution in [2.24, 2.45) is 0 Å². The number of carbonyl (C=O) groups is 1. The number of anilines is 3. The Labute approximate surface area is 297 Å². The maximum Gasteiger partial charge on any atom is 0.262 e. The van der Waals surface area contributed by atoms with Crippen LogP contribution in [0.25, 0.3) is 0 Å². The summed E-state index contributed by atoms with van der Waals surface area (Å²) in [5.41, 5.74) is 4.04. The molecule has 0 radical (unpaired) electrons. The van der Waals surface area contributed by atoms with Gasteiger partial charge in [0.25, 0.3) is 5.91 Å². The molecule has 0 unspecified atom stereocenters. The van der Waals surface area contributed by atoms with Crippen LogP contribution in [-0.4, -0.2) is 82.2 Å². The van der Waals surface area contributed by atoms with Gasteiger partial charge in [0.1, 0.15) is 11.3 Å². The summed E-state index contributed by atoms with van der Waals surface area (Å²) in [5.74, 6) is 0.995. The Morgan fingerprint density at radius 3 is 2.49 bits per heavy atom. The van der Waals surface area contributed by atoms with Crippen molar-refractivity contribution in [2.45, 2.75) is 40.0 Å². The molecular formula is C38H43FN8O4. The van der Waals surface area contributed by atoms with Gasteiger partial charge in [0.05, 0.1) is 6.61 Å². The zero-order valence-corrected chi connectivity index (χ0v) is 29.4. The molecule has 0 aliphatic carbocycles. The zero-order valence-electron chi connectivity index (χ0n) is 29.4. The van der Waals surface area contributed by atoms with E-state index in [0.29, 0.717) is 48.3 Å². The van der Waals surface area contributed by atoms with Crippen molar-refractivity contribution >= 4 is 23.2 Å². The van der Waals surface area contributed by atoms with E-state index in [1.54, 1.807) is 25.1 Å². The van der Waals surface area contributed by atoms with Gasteiger partial charge in [0.15, 0.2) is 17.4 Å². The summed E-state index contributed by atoms with van der Waals surface area (Å²) in [6.07, 6.45) is 3.40. The second kappa shape index (κ2) is 16.5. The summed E-state index contributed by atoms with van der Waals surface area (Å²) >= 11 is 0. The van der Waals surface area contributed by atoms with Gasteiger partial charge in [0.2, 0.25) is 17.7 Å². The largest absolute Gasteiger partial charge is 0.490 e. The molecule has 1 aliphatic heterocycles. The first-order valence-corrected chi connectivity index (χ1v) is 17.1. The van der Waals surface area contributed by atoms with Gasteiger partial charge in [-0.1, -0.05) is 35.5 Å². The molecular weight excluding hydrogens is 651 g/mol. The number of para-hydroxylation sites is 1. The number of hydrogen-bond donors (Lipinski definition) is 2. The van der Waals surface area contributed by atoms with E-state index < -0.39 is 11.7 Å². The standard InChI is InChI=1S/C38H43FN8O4/c1-25-8-5-9-26(2)35(25)43-36(48)31-24-40-38(44-37(31)50-30-11-6-10-28(22-30)12-15-34-41-27(3)45-51-34)42-29-13-14-33(32(39)23-29)49-21-7-16-47-19-17-46(4)18-20-47/h5-6,8-11,13-14,22-24H,7,12,15-21H2,1-4H3,(H,43,48)(H,40,42,44). The Kier molecular flexibility index (Phi) is 11.5. The van der Waals surface area contributed by atoms with Gasteiger partial charge in [-0.3, -0.25) is 4.79 Å². The number of hydrogen-bond acceptors (Lipinski definition) is 11. The van der Waals surface area contributed by atoms with Crippen LogP contribution in [0, 0.1) is 26.6 Å². The molecule has 0 atom stereocenters. The van der Waals surface area contributed by atoms with Gasteiger partial charge >= 0.3 is 0 Å². The minimum absolute atomic E-state index is 0.0293. The number of piperazine rings is 1. The molecule has 2 aromatic heterocycles. The number of benzene rings is 3. The van der Waals surface area contributed by atoms with Crippen molar-refractivity contribution < 1.29 is 23.2 Å². The number of aromatic nitrogens is 4. The Hall–Kier alpha value is -5.40. The number of nitrogens with zero attached hydrogens (tertiary/aromatic N) is 6. The highest BCUT2D eigenvalue weighted by Crippen LogP contribution is 2.29. The van der Waals surface area contributed by atoms with Gasteiger partial charge in [-0.15, -0.1) is 0 Å². The molecule has 5 aromatic rings. The Bertz CT molecular complexity index is 1940. The van der Waals surface area contributed by atoms with Crippen molar-refractivity contribution in [1.82, 2.24) is 29.9 Å². The molecule has 0 saturated carbocycles. The second-order valence-electron chi connectivity index (χ2n) is 12.7.